The maximum Gasteiger partial charge on any atom is 0.123 e. The molecule has 1 aromatic carbocycles. The third-order valence-electron chi connectivity index (χ3n) is 3.43. The molecule has 1 aromatic heterocycles. The molecule has 0 saturated heterocycles. The van der Waals surface area contributed by atoms with Gasteiger partial charge >= 0.3 is 0 Å². The van der Waals surface area contributed by atoms with Crippen LogP contribution in [0.15, 0.2) is 24.3 Å². The number of hydrogen-bond donors (Lipinski definition) is 1. The Kier molecular flexibility index (Phi) is 2.88. The molecule has 4 heteroatoms. The minimum atomic E-state index is -0.276. The fraction of sp³-hybridized carbons (Fsp3) is 0.357. The van der Waals surface area contributed by atoms with Gasteiger partial charge in [-0.2, -0.15) is 0 Å². The van der Waals surface area contributed by atoms with Crippen LogP contribution in [-0.2, 0) is 19.6 Å². The highest BCUT2D eigenvalue weighted by Crippen LogP contribution is 2.28. The summed E-state index contributed by atoms with van der Waals surface area (Å²) in [6.07, 6.45) is 3.17. The summed E-state index contributed by atoms with van der Waals surface area (Å²) in [5.74, 6) is 0.729. The summed E-state index contributed by atoms with van der Waals surface area (Å²) in [5, 5.41) is 9.54. The van der Waals surface area contributed by atoms with Crippen molar-refractivity contribution in [2.24, 2.45) is 0 Å². The van der Waals surface area contributed by atoms with Gasteiger partial charge in [-0.3, -0.25) is 0 Å². The highest BCUT2D eigenvalue weighted by Gasteiger charge is 2.20. The quantitative estimate of drug-likeness (QED) is 0.884. The first-order chi connectivity index (χ1) is 8.79. The Labute approximate surface area is 105 Å². The molecule has 0 aliphatic carbocycles. The van der Waals surface area contributed by atoms with Crippen LogP contribution in [0.1, 0.15) is 24.4 Å². The largest absolute Gasteiger partial charge is 0.390 e. The van der Waals surface area contributed by atoms with Gasteiger partial charge in [0.05, 0.1) is 18.0 Å². The maximum absolute atomic E-state index is 13.3. The Morgan fingerprint density at radius 3 is 3.00 bits per heavy atom. The average Bonchev–Trinajstić information content (AvgIpc) is 2.77. The van der Waals surface area contributed by atoms with E-state index < -0.39 is 0 Å². The lowest BCUT2D eigenvalue weighted by atomic mass is 10.1. The van der Waals surface area contributed by atoms with E-state index in [4.69, 9.17) is 0 Å². The lowest BCUT2D eigenvalue weighted by Gasteiger charge is -2.15. The van der Waals surface area contributed by atoms with Crippen LogP contribution in [0.3, 0.4) is 0 Å². The van der Waals surface area contributed by atoms with Gasteiger partial charge in [-0.15, -0.1) is 0 Å². The lowest BCUT2D eigenvalue weighted by Crippen LogP contribution is -2.12. The number of aryl methyl sites for hydroxylation is 1. The zero-order valence-corrected chi connectivity index (χ0v) is 10.1. The third-order valence-corrected chi connectivity index (χ3v) is 3.43. The van der Waals surface area contributed by atoms with Crippen molar-refractivity contribution in [3.63, 3.8) is 0 Å². The van der Waals surface area contributed by atoms with E-state index >= 15 is 0 Å². The molecule has 0 unspecified atom stereocenters. The molecule has 0 spiro atoms. The van der Waals surface area contributed by atoms with E-state index in [1.165, 1.54) is 12.1 Å². The predicted octanol–water partition coefficient (Wildman–Crippen LogP) is 2.52. The van der Waals surface area contributed by atoms with E-state index in [0.717, 1.165) is 42.9 Å². The average molecular weight is 246 g/mol. The fourth-order valence-corrected chi connectivity index (χ4v) is 2.57. The smallest absolute Gasteiger partial charge is 0.123 e. The van der Waals surface area contributed by atoms with Crippen molar-refractivity contribution in [2.75, 3.05) is 0 Å². The van der Waals surface area contributed by atoms with E-state index in [1.54, 1.807) is 6.07 Å². The molecule has 0 radical (unpaired) electrons. The Balaban J connectivity index is 2.14. The molecule has 0 fully saturated rings. The van der Waals surface area contributed by atoms with Crippen molar-refractivity contribution >= 4 is 0 Å². The number of halogens is 1. The molecule has 0 amide bonds. The molecule has 94 valence electrons. The van der Waals surface area contributed by atoms with Crippen LogP contribution in [0.4, 0.5) is 4.39 Å². The monoisotopic (exact) mass is 246 g/mol. The lowest BCUT2D eigenvalue weighted by molar-refractivity contribution is 0.268. The van der Waals surface area contributed by atoms with Crippen molar-refractivity contribution in [1.82, 2.24) is 9.55 Å². The predicted molar refractivity (Wildman–Crippen MR) is 66.5 cm³/mol. The van der Waals surface area contributed by atoms with Gasteiger partial charge < -0.3 is 9.67 Å². The van der Waals surface area contributed by atoms with Crippen LogP contribution in [0.5, 0.6) is 0 Å². The minimum absolute atomic E-state index is 0.0567. The van der Waals surface area contributed by atoms with Crippen molar-refractivity contribution in [3.8, 4) is 11.3 Å². The number of aromatic nitrogens is 2. The van der Waals surface area contributed by atoms with Gasteiger partial charge in [-0.1, -0.05) is 12.1 Å². The molecule has 1 aliphatic heterocycles. The van der Waals surface area contributed by atoms with Crippen LogP contribution in [0.25, 0.3) is 11.3 Å². The number of benzene rings is 1. The number of hydrogen-bond acceptors (Lipinski definition) is 2. The molecular formula is C14H15FN2O. The second-order valence-corrected chi connectivity index (χ2v) is 4.60. The molecule has 1 aliphatic rings. The zero-order valence-electron chi connectivity index (χ0n) is 10.1. The van der Waals surface area contributed by atoms with E-state index in [2.05, 4.69) is 9.55 Å². The van der Waals surface area contributed by atoms with Crippen LogP contribution in [0, 0.1) is 5.82 Å². The van der Waals surface area contributed by atoms with Crippen LogP contribution in [0.2, 0.25) is 0 Å². The highest BCUT2D eigenvalue weighted by molar-refractivity contribution is 5.62. The Morgan fingerprint density at radius 1 is 1.33 bits per heavy atom. The Hall–Kier alpha value is -1.68. The molecule has 18 heavy (non-hydrogen) atoms. The number of aliphatic hydroxyl groups excluding tert-OH is 1. The fourth-order valence-electron chi connectivity index (χ4n) is 2.57. The minimum Gasteiger partial charge on any atom is -0.390 e. The van der Waals surface area contributed by atoms with E-state index in [-0.39, 0.29) is 12.4 Å². The maximum atomic E-state index is 13.3. The second-order valence-electron chi connectivity index (χ2n) is 4.60. The number of aliphatic hydroxyl groups is 1. The molecule has 2 aromatic rings. The molecule has 0 bridgehead atoms. The molecule has 3 rings (SSSR count). The first-order valence-corrected chi connectivity index (χ1v) is 6.24. The van der Waals surface area contributed by atoms with E-state index in [0.29, 0.717) is 5.69 Å². The summed E-state index contributed by atoms with van der Waals surface area (Å²) in [6.45, 7) is 0.840. The first kappa shape index (κ1) is 11.4. The third kappa shape index (κ3) is 1.82. The summed E-state index contributed by atoms with van der Waals surface area (Å²) in [5.41, 5.74) is 2.25. The van der Waals surface area contributed by atoms with Crippen LogP contribution >= 0.6 is 0 Å². The summed E-state index contributed by atoms with van der Waals surface area (Å²) in [4.78, 5) is 4.57. The molecular weight excluding hydrogens is 231 g/mol. The van der Waals surface area contributed by atoms with Crippen LogP contribution in [-0.4, -0.2) is 14.7 Å². The molecule has 1 N–H and O–H groups in total. The molecule has 0 saturated carbocycles. The van der Waals surface area contributed by atoms with Crippen molar-refractivity contribution < 1.29 is 9.50 Å². The normalized spacial score (nSPS) is 14.6. The van der Waals surface area contributed by atoms with Crippen LogP contribution < -0.4 is 0 Å². The molecule has 2 heterocycles. The van der Waals surface area contributed by atoms with Crippen molar-refractivity contribution in [1.29, 1.82) is 0 Å². The topological polar surface area (TPSA) is 38.1 Å². The van der Waals surface area contributed by atoms with Gasteiger partial charge in [0.1, 0.15) is 11.6 Å². The van der Waals surface area contributed by atoms with Gasteiger partial charge in [0.15, 0.2) is 0 Å². The Morgan fingerprint density at radius 2 is 2.22 bits per heavy atom. The first-order valence-electron chi connectivity index (χ1n) is 6.24. The highest BCUT2D eigenvalue weighted by atomic mass is 19.1. The van der Waals surface area contributed by atoms with Gasteiger partial charge in [0, 0.05) is 18.5 Å². The van der Waals surface area contributed by atoms with Gasteiger partial charge in [0.2, 0.25) is 0 Å². The summed E-state index contributed by atoms with van der Waals surface area (Å²) < 4.78 is 15.3. The number of rotatable bonds is 2. The second kappa shape index (κ2) is 4.53. The number of imidazole rings is 1. The molecule has 3 nitrogen and oxygen atoms in total. The standard InChI is InChI=1S/C14H15FN2O/c15-11-5-3-4-10(8-11)14-12(9-18)17-7-2-1-6-13(17)16-14/h3-5,8,18H,1-2,6-7,9H2. The van der Waals surface area contributed by atoms with Crippen molar-refractivity contribution in [2.45, 2.75) is 32.4 Å². The SMILES string of the molecule is OCc1c(-c2cccc(F)c2)nc2n1CCCC2. The van der Waals surface area contributed by atoms with E-state index in [1.807, 2.05) is 6.07 Å². The molecule has 0 atom stereocenters. The summed E-state index contributed by atoms with van der Waals surface area (Å²) in [6, 6.07) is 6.38. The number of nitrogens with zero attached hydrogens (tertiary/aromatic N) is 2. The van der Waals surface area contributed by atoms with E-state index in [9.17, 15) is 9.50 Å². The Bertz CT molecular complexity index is 577. The van der Waals surface area contributed by atoms with Gasteiger partial charge in [-0.25, -0.2) is 9.37 Å². The van der Waals surface area contributed by atoms with Gasteiger partial charge in [-0.05, 0) is 25.0 Å². The number of fused-ring (bicyclic) bond motifs is 1. The summed E-state index contributed by atoms with van der Waals surface area (Å²) >= 11 is 0. The van der Waals surface area contributed by atoms with Crippen molar-refractivity contribution in [3.05, 3.63) is 41.6 Å². The summed E-state index contributed by atoms with van der Waals surface area (Å²) in [7, 11) is 0. The zero-order chi connectivity index (χ0) is 12.5. The van der Waals surface area contributed by atoms with Gasteiger partial charge in [0.25, 0.3) is 0 Å².